The molecule has 1 fully saturated rings. The number of rotatable bonds is 3. The Balaban J connectivity index is 2.13. The van der Waals surface area contributed by atoms with Crippen LogP contribution in [-0.4, -0.2) is 17.3 Å². The topological polar surface area (TPSA) is 17.1 Å². The zero-order chi connectivity index (χ0) is 14.8. The van der Waals surface area contributed by atoms with E-state index in [1.54, 1.807) is 0 Å². The first-order valence-corrected chi connectivity index (χ1v) is 8.30. The second kappa shape index (κ2) is 6.52. The van der Waals surface area contributed by atoms with Gasteiger partial charge in [-0.3, -0.25) is 4.79 Å². The smallest absolute Gasteiger partial charge is 0.294 e. The first kappa shape index (κ1) is 15.9. The van der Waals surface area contributed by atoms with Crippen LogP contribution < -0.4 is 0 Å². The number of thioether (sulfide) groups is 1. The number of ketones is 1. The van der Waals surface area contributed by atoms with Gasteiger partial charge in [0, 0.05) is 16.5 Å². The second-order valence-electron chi connectivity index (χ2n) is 4.88. The number of benzene rings is 1. The highest BCUT2D eigenvalue weighted by molar-refractivity contribution is 9.10. The summed E-state index contributed by atoms with van der Waals surface area (Å²) in [6.07, 6.45) is -2.16. The fourth-order valence-electron chi connectivity index (χ4n) is 2.25. The van der Waals surface area contributed by atoms with Crippen molar-refractivity contribution in [2.24, 2.45) is 5.92 Å². The summed E-state index contributed by atoms with van der Waals surface area (Å²) in [7, 11) is 0. The molecule has 0 N–H and O–H groups in total. The van der Waals surface area contributed by atoms with Crippen molar-refractivity contribution in [1.29, 1.82) is 0 Å². The number of hydrogen-bond acceptors (Lipinski definition) is 2. The molecular weight excluding hydrogens is 353 g/mol. The van der Waals surface area contributed by atoms with Gasteiger partial charge < -0.3 is 0 Å². The molecule has 0 aromatic heterocycles. The predicted molar refractivity (Wildman–Crippen MR) is 78.1 cm³/mol. The van der Waals surface area contributed by atoms with Gasteiger partial charge in [-0.1, -0.05) is 22.0 Å². The molecule has 20 heavy (non-hydrogen) atoms. The first-order chi connectivity index (χ1) is 9.38. The van der Waals surface area contributed by atoms with Crippen molar-refractivity contribution in [2.75, 3.05) is 11.5 Å². The highest BCUT2D eigenvalue weighted by Crippen LogP contribution is 2.36. The molecule has 1 nitrogen and oxygen atoms in total. The van der Waals surface area contributed by atoms with Gasteiger partial charge in [0.2, 0.25) is 0 Å². The maximum Gasteiger partial charge on any atom is 0.417 e. The number of Topliss-reactive ketones (excluding diaryl/α,β-unsaturated/α-hetero) is 1. The average Bonchev–Trinajstić information content (AvgIpc) is 2.39. The maximum atomic E-state index is 12.8. The molecule has 2 rings (SSSR count). The third-order valence-electron chi connectivity index (χ3n) is 3.41. The molecule has 1 saturated heterocycles. The van der Waals surface area contributed by atoms with Gasteiger partial charge in [-0.2, -0.15) is 24.9 Å². The Morgan fingerprint density at radius 1 is 1.30 bits per heavy atom. The van der Waals surface area contributed by atoms with Crippen LogP contribution in [0.2, 0.25) is 0 Å². The first-order valence-electron chi connectivity index (χ1n) is 6.35. The summed E-state index contributed by atoms with van der Waals surface area (Å²) in [5.41, 5.74) is -0.638. The Morgan fingerprint density at radius 2 is 1.95 bits per heavy atom. The Morgan fingerprint density at radius 3 is 2.55 bits per heavy atom. The molecule has 0 spiro atoms. The van der Waals surface area contributed by atoms with E-state index in [1.807, 2.05) is 11.8 Å². The van der Waals surface area contributed by atoms with Crippen molar-refractivity contribution >= 4 is 33.5 Å². The predicted octanol–water partition coefficient (Wildman–Crippen LogP) is 5.18. The van der Waals surface area contributed by atoms with Crippen LogP contribution >= 0.6 is 27.7 Å². The largest absolute Gasteiger partial charge is 0.417 e. The fraction of sp³-hybridized carbons (Fsp3) is 0.500. The quantitative estimate of drug-likeness (QED) is 0.685. The molecule has 0 radical (unpaired) electrons. The molecular formula is C14H14BrF3OS. The molecule has 1 aromatic rings. The molecule has 0 saturated carbocycles. The molecule has 1 heterocycles. The summed E-state index contributed by atoms with van der Waals surface area (Å²) in [5, 5.41) is 0. The summed E-state index contributed by atoms with van der Waals surface area (Å²) in [4.78, 5) is 12.1. The van der Waals surface area contributed by atoms with E-state index in [4.69, 9.17) is 0 Å². The lowest BCUT2D eigenvalue weighted by Gasteiger charge is -2.20. The number of hydrogen-bond donors (Lipinski definition) is 0. The van der Waals surface area contributed by atoms with E-state index in [0.29, 0.717) is 12.3 Å². The Hall–Kier alpha value is -0.490. The molecule has 0 bridgehead atoms. The highest BCUT2D eigenvalue weighted by atomic mass is 79.9. The van der Waals surface area contributed by atoms with Crippen molar-refractivity contribution in [3.8, 4) is 0 Å². The molecule has 0 unspecified atom stereocenters. The SMILES string of the molecule is O=C(CC1CCSCC1)c1ccc(Br)c(C(F)(F)F)c1. The van der Waals surface area contributed by atoms with E-state index in [9.17, 15) is 18.0 Å². The minimum Gasteiger partial charge on any atom is -0.294 e. The van der Waals surface area contributed by atoms with E-state index in [2.05, 4.69) is 15.9 Å². The zero-order valence-electron chi connectivity index (χ0n) is 10.7. The molecule has 110 valence electrons. The third kappa shape index (κ3) is 4.01. The monoisotopic (exact) mass is 366 g/mol. The van der Waals surface area contributed by atoms with Crippen LogP contribution in [-0.2, 0) is 6.18 Å². The van der Waals surface area contributed by atoms with E-state index in [1.165, 1.54) is 12.1 Å². The van der Waals surface area contributed by atoms with Gasteiger partial charge in [-0.15, -0.1) is 0 Å². The number of halogens is 4. The molecule has 6 heteroatoms. The van der Waals surface area contributed by atoms with Gasteiger partial charge in [0.05, 0.1) is 5.56 Å². The van der Waals surface area contributed by atoms with Gasteiger partial charge in [0.15, 0.2) is 5.78 Å². The van der Waals surface area contributed by atoms with E-state index >= 15 is 0 Å². The summed E-state index contributed by atoms with van der Waals surface area (Å²) in [6, 6.07) is 3.70. The van der Waals surface area contributed by atoms with Crippen LogP contribution in [0.1, 0.15) is 35.2 Å². The number of carbonyl (C=O) groups excluding carboxylic acids is 1. The molecule has 0 amide bonds. The lowest BCUT2D eigenvalue weighted by atomic mass is 9.93. The minimum absolute atomic E-state index is 0.0318. The van der Waals surface area contributed by atoms with Crippen molar-refractivity contribution in [3.05, 3.63) is 33.8 Å². The Labute approximate surface area is 128 Å². The third-order valence-corrected chi connectivity index (χ3v) is 5.15. The number of alkyl halides is 3. The maximum absolute atomic E-state index is 12.8. The number of carbonyl (C=O) groups is 1. The fourth-order valence-corrected chi connectivity index (χ4v) is 3.92. The standard InChI is InChI=1S/C14H14BrF3OS/c15-12-2-1-10(8-11(12)14(16,17)18)13(19)7-9-3-5-20-6-4-9/h1-2,8-9H,3-7H2. The summed E-state index contributed by atoms with van der Waals surface area (Å²) >= 11 is 4.74. The molecule has 0 atom stereocenters. The molecule has 1 aliphatic heterocycles. The normalized spacial score (nSPS) is 17.2. The second-order valence-corrected chi connectivity index (χ2v) is 6.95. The minimum atomic E-state index is -4.45. The Kier molecular flexibility index (Phi) is 5.18. The lowest BCUT2D eigenvalue weighted by Crippen LogP contribution is -2.15. The van der Waals surface area contributed by atoms with Crippen molar-refractivity contribution < 1.29 is 18.0 Å². The van der Waals surface area contributed by atoms with Gasteiger partial charge in [-0.05, 0) is 42.4 Å². The van der Waals surface area contributed by atoms with Gasteiger partial charge in [-0.25, -0.2) is 0 Å². The molecule has 1 aromatic carbocycles. The lowest BCUT2D eigenvalue weighted by molar-refractivity contribution is -0.138. The van der Waals surface area contributed by atoms with Gasteiger partial charge >= 0.3 is 6.18 Å². The van der Waals surface area contributed by atoms with Gasteiger partial charge in [0.1, 0.15) is 0 Å². The Bertz CT molecular complexity index is 496. The zero-order valence-corrected chi connectivity index (χ0v) is 13.1. The van der Waals surface area contributed by atoms with Gasteiger partial charge in [0.25, 0.3) is 0 Å². The average molecular weight is 367 g/mol. The van der Waals surface area contributed by atoms with Crippen molar-refractivity contribution in [3.63, 3.8) is 0 Å². The summed E-state index contributed by atoms with van der Waals surface area (Å²) in [5.74, 6) is 2.18. The van der Waals surface area contributed by atoms with Crippen molar-refractivity contribution in [1.82, 2.24) is 0 Å². The van der Waals surface area contributed by atoms with E-state index < -0.39 is 11.7 Å². The van der Waals surface area contributed by atoms with Crippen LogP contribution in [0.15, 0.2) is 22.7 Å². The summed E-state index contributed by atoms with van der Waals surface area (Å²) in [6.45, 7) is 0. The van der Waals surface area contributed by atoms with E-state index in [-0.39, 0.29) is 15.8 Å². The molecule has 0 aliphatic carbocycles. The highest BCUT2D eigenvalue weighted by Gasteiger charge is 2.33. The van der Waals surface area contributed by atoms with Crippen LogP contribution in [0, 0.1) is 5.92 Å². The van der Waals surface area contributed by atoms with Crippen LogP contribution in [0.4, 0.5) is 13.2 Å². The van der Waals surface area contributed by atoms with Crippen molar-refractivity contribution in [2.45, 2.75) is 25.4 Å². The van der Waals surface area contributed by atoms with E-state index in [0.717, 1.165) is 30.4 Å². The van der Waals surface area contributed by atoms with Crippen LogP contribution in [0.3, 0.4) is 0 Å². The summed E-state index contributed by atoms with van der Waals surface area (Å²) < 4.78 is 38.4. The van der Waals surface area contributed by atoms with Crippen LogP contribution in [0.5, 0.6) is 0 Å². The molecule has 1 aliphatic rings. The van der Waals surface area contributed by atoms with Crippen LogP contribution in [0.25, 0.3) is 0 Å².